The van der Waals surface area contributed by atoms with Gasteiger partial charge in [0.1, 0.15) is 0 Å². The molecule has 0 aromatic rings. The van der Waals surface area contributed by atoms with Crippen LogP contribution >= 0.6 is 0 Å². The fourth-order valence-electron chi connectivity index (χ4n) is 2.29. The lowest BCUT2D eigenvalue weighted by atomic mass is 9.92. The molecule has 1 aliphatic heterocycles. The number of likely N-dealkylation sites (tertiary alicyclic amines) is 1. The van der Waals surface area contributed by atoms with Crippen molar-refractivity contribution in [2.24, 2.45) is 5.92 Å². The van der Waals surface area contributed by atoms with Crippen molar-refractivity contribution < 1.29 is 0 Å². The smallest absolute Gasteiger partial charge is 0.0205 e. The average Bonchev–Trinajstić information content (AvgIpc) is 2.22. The highest BCUT2D eigenvalue weighted by Gasteiger charge is 2.24. The molecule has 88 valence electrons. The van der Waals surface area contributed by atoms with Crippen LogP contribution in [0.5, 0.6) is 0 Å². The Morgan fingerprint density at radius 2 is 2.20 bits per heavy atom. The molecule has 0 aromatic carbocycles. The molecule has 1 aliphatic rings. The Kier molecular flexibility index (Phi) is 5.34. The predicted molar refractivity (Wildman–Crippen MR) is 67.1 cm³/mol. The van der Waals surface area contributed by atoms with Gasteiger partial charge in [-0.2, -0.15) is 0 Å². The Morgan fingerprint density at radius 3 is 2.87 bits per heavy atom. The van der Waals surface area contributed by atoms with Crippen LogP contribution in [-0.4, -0.2) is 37.1 Å². The third-order valence-electron chi connectivity index (χ3n) is 3.56. The van der Waals surface area contributed by atoms with Crippen molar-refractivity contribution >= 4 is 0 Å². The maximum absolute atomic E-state index is 4.14. The molecule has 1 N–H and O–H groups in total. The van der Waals surface area contributed by atoms with E-state index in [0.717, 1.165) is 31.6 Å². The number of nitrogens with one attached hydrogen (secondary N) is 1. The summed E-state index contributed by atoms with van der Waals surface area (Å²) in [6.07, 6.45) is 2.73. The third-order valence-corrected chi connectivity index (χ3v) is 3.56. The van der Waals surface area contributed by atoms with Gasteiger partial charge in [-0.15, -0.1) is 0 Å². The van der Waals surface area contributed by atoms with Gasteiger partial charge in [0, 0.05) is 19.1 Å². The lowest BCUT2D eigenvalue weighted by Gasteiger charge is -2.38. The molecular formula is C13H26N2. The highest BCUT2D eigenvalue weighted by Crippen LogP contribution is 2.23. The van der Waals surface area contributed by atoms with Gasteiger partial charge in [0.15, 0.2) is 0 Å². The summed E-state index contributed by atoms with van der Waals surface area (Å²) in [7, 11) is 0. The SMILES string of the molecule is C=C(CNCC)CN1CCCC(C)C1C. The summed E-state index contributed by atoms with van der Waals surface area (Å²) in [5.74, 6) is 0.839. The van der Waals surface area contributed by atoms with E-state index >= 15 is 0 Å². The minimum Gasteiger partial charge on any atom is -0.313 e. The summed E-state index contributed by atoms with van der Waals surface area (Å²) in [6, 6.07) is 0.720. The largest absolute Gasteiger partial charge is 0.313 e. The highest BCUT2D eigenvalue weighted by molar-refractivity contribution is 5.01. The monoisotopic (exact) mass is 210 g/mol. The molecule has 1 heterocycles. The molecule has 0 spiro atoms. The first-order valence-corrected chi connectivity index (χ1v) is 6.26. The zero-order valence-electron chi connectivity index (χ0n) is 10.6. The molecule has 0 saturated carbocycles. The van der Waals surface area contributed by atoms with Gasteiger partial charge in [-0.25, -0.2) is 0 Å². The normalized spacial score (nSPS) is 27.9. The minimum absolute atomic E-state index is 0.720. The van der Waals surface area contributed by atoms with Gasteiger partial charge in [0.2, 0.25) is 0 Å². The summed E-state index contributed by atoms with van der Waals surface area (Å²) in [5, 5.41) is 3.34. The van der Waals surface area contributed by atoms with Gasteiger partial charge in [-0.05, 0) is 44.3 Å². The van der Waals surface area contributed by atoms with Crippen LogP contribution in [0.1, 0.15) is 33.6 Å². The second-order valence-electron chi connectivity index (χ2n) is 4.86. The van der Waals surface area contributed by atoms with Crippen molar-refractivity contribution in [3.63, 3.8) is 0 Å². The van der Waals surface area contributed by atoms with E-state index in [1.165, 1.54) is 25.0 Å². The van der Waals surface area contributed by atoms with Crippen LogP contribution in [0.2, 0.25) is 0 Å². The van der Waals surface area contributed by atoms with E-state index in [1.807, 2.05) is 0 Å². The average molecular weight is 210 g/mol. The second-order valence-corrected chi connectivity index (χ2v) is 4.86. The quantitative estimate of drug-likeness (QED) is 0.700. The zero-order chi connectivity index (χ0) is 11.3. The van der Waals surface area contributed by atoms with Crippen LogP contribution in [0.3, 0.4) is 0 Å². The first-order valence-electron chi connectivity index (χ1n) is 6.26. The zero-order valence-corrected chi connectivity index (χ0v) is 10.6. The molecule has 0 radical (unpaired) electrons. The highest BCUT2D eigenvalue weighted by atomic mass is 15.2. The molecule has 1 fully saturated rings. The minimum atomic E-state index is 0.720. The van der Waals surface area contributed by atoms with Gasteiger partial charge in [-0.1, -0.05) is 20.4 Å². The molecule has 2 heteroatoms. The topological polar surface area (TPSA) is 15.3 Å². The maximum atomic E-state index is 4.14. The van der Waals surface area contributed by atoms with Gasteiger partial charge in [0.25, 0.3) is 0 Å². The maximum Gasteiger partial charge on any atom is 0.0205 e. The van der Waals surface area contributed by atoms with Gasteiger partial charge in [0.05, 0.1) is 0 Å². The molecule has 2 atom stereocenters. The van der Waals surface area contributed by atoms with E-state index in [2.05, 4.69) is 37.6 Å². The number of nitrogens with zero attached hydrogens (tertiary/aromatic N) is 1. The summed E-state index contributed by atoms with van der Waals surface area (Å²) < 4.78 is 0. The van der Waals surface area contributed by atoms with E-state index in [4.69, 9.17) is 0 Å². The van der Waals surface area contributed by atoms with Crippen LogP contribution in [0.4, 0.5) is 0 Å². The van der Waals surface area contributed by atoms with Gasteiger partial charge >= 0.3 is 0 Å². The molecule has 15 heavy (non-hydrogen) atoms. The standard InChI is InChI=1S/C13H26N2/c1-5-14-9-11(2)10-15-8-6-7-12(3)13(15)4/h12-14H,2,5-10H2,1,3-4H3. The second kappa shape index (κ2) is 6.29. The number of piperidine rings is 1. The van der Waals surface area contributed by atoms with E-state index in [0.29, 0.717) is 0 Å². The van der Waals surface area contributed by atoms with E-state index in [9.17, 15) is 0 Å². The molecular weight excluding hydrogens is 184 g/mol. The molecule has 1 saturated heterocycles. The molecule has 2 nitrogen and oxygen atoms in total. The Hall–Kier alpha value is -0.340. The Balaban J connectivity index is 2.33. The first-order chi connectivity index (χ1) is 7.15. The lowest BCUT2D eigenvalue weighted by Crippen LogP contribution is -2.43. The number of hydrogen-bond acceptors (Lipinski definition) is 2. The summed E-state index contributed by atoms with van der Waals surface area (Å²) in [4.78, 5) is 2.58. The van der Waals surface area contributed by atoms with Crippen LogP contribution in [-0.2, 0) is 0 Å². The van der Waals surface area contributed by atoms with Crippen molar-refractivity contribution in [3.05, 3.63) is 12.2 Å². The van der Waals surface area contributed by atoms with Crippen molar-refractivity contribution in [3.8, 4) is 0 Å². The Labute approximate surface area is 94.7 Å². The molecule has 0 aliphatic carbocycles. The summed E-state index contributed by atoms with van der Waals surface area (Å²) in [5.41, 5.74) is 1.32. The van der Waals surface area contributed by atoms with Gasteiger partial charge < -0.3 is 5.32 Å². The van der Waals surface area contributed by atoms with Crippen LogP contribution in [0.25, 0.3) is 0 Å². The van der Waals surface area contributed by atoms with Crippen LogP contribution in [0, 0.1) is 5.92 Å². The Morgan fingerprint density at radius 1 is 1.47 bits per heavy atom. The number of rotatable bonds is 5. The van der Waals surface area contributed by atoms with Crippen LogP contribution in [0.15, 0.2) is 12.2 Å². The van der Waals surface area contributed by atoms with Crippen molar-refractivity contribution in [2.75, 3.05) is 26.2 Å². The van der Waals surface area contributed by atoms with Crippen molar-refractivity contribution in [1.82, 2.24) is 10.2 Å². The predicted octanol–water partition coefficient (Wildman–Crippen LogP) is 2.27. The number of likely N-dealkylation sites (N-methyl/N-ethyl adjacent to an activating group) is 1. The lowest BCUT2D eigenvalue weighted by molar-refractivity contribution is 0.124. The fraction of sp³-hybridized carbons (Fsp3) is 0.846. The molecule has 1 rings (SSSR count). The summed E-state index contributed by atoms with van der Waals surface area (Å²) in [6.45, 7) is 15.3. The molecule has 0 amide bonds. The van der Waals surface area contributed by atoms with Gasteiger partial charge in [-0.3, -0.25) is 4.90 Å². The summed E-state index contributed by atoms with van der Waals surface area (Å²) >= 11 is 0. The van der Waals surface area contributed by atoms with E-state index in [-0.39, 0.29) is 0 Å². The fourth-order valence-corrected chi connectivity index (χ4v) is 2.29. The molecule has 0 aromatic heterocycles. The molecule has 0 bridgehead atoms. The first kappa shape index (κ1) is 12.7. The van der Waals surface area contributed by atoms with E-state index in [1.54, 1.807) is 0 Å². The van der Waals surface area contributed by atoms with E-state index < -0.39 is 0 Å². The third kappa shape index (κ3) is 3.96. The molecule has 2 unspecified atom stereocenters. The van der Waals surface area contributed by atoms with Crippen LogP contribution < -0.4 is 5.32 Å². The Bertz CT molecular complexity index is 201. The number of hydrogen-bond donors (Lipinski definition) is 1. The van der Waals surface area contributed by atoms with Crippen molar-refractivity contribution in [2.45, 2.75) is 39.7 Å². The van der Waals surface area contributed by atoms with Crippen molar-refractivity contribution in [1.29, 1.82) is 0 Å².